The van der Waals surface area contributed by atoms with Gasteiger partial charge in [-0.15, -0.1) is 0 Å². The molecule has 0 aromatic heterocycles. The Balaban J connectivity index is 2.61. The van der Waals surface area contributed by atoms with Crippen molar-refractivity contribution in [3.05, 3.63) is 33.4 Å². The predicted octanol–water partition coefficient (Wildman–Crippen LogP) is 2.12. The zero-order valence-corrected chi connectivity index (χ0v) is 11.9. The van der Waals surface area contributed by atoms with E-state index in [2.05, 4.69) is 5.32 Å². The first-order chi connectivity index (χ1) is 10.2. The fraction of sp³-hybridized carbons (Fsp3) is 0.538. The third-order valence-corrected chi connectivity index (χ3v) is 3.69. The van der Waals surface area contributed by atoms with E-state index in [1.807, 2.05) is 0 Å². The van der Waals surface area contributed by atoms with Crippen LogP contribution in [0.3, 0.4) is 0 Å². The molecule has 9 heteroatoms. The fourth-order valence-corrected chi connectivity index (χ4v) is 2.63. The Kier molecular flexibility index (Phi) is 4.57. The summed E-state index contributed by atoms with van der Waals surface area (Å²) >= 11 is 0. The highest BCUT2D eigenvalue weighted by Gasteiger charge is 2.49. The Bertz CT molecular complexity index is 572. The number of hydrogen-bond donors (Lipinski definition) is 2. The van der Waals surface area contributed by atoms with Crippen LogP contribution in [0.2, 0.25) is 0 Å². The molecule has 0 radical (unpaired) electrons. The lowest BCUT2D eigenvalue weighted by molar-refractivity contribution is -0.386. The Labute approximate surface area is 124 Å². The lowest BCUT2D eigenvalue weighted by atomic mass is 9.98. The summed E-state index contributed by atoms with van der Waals surface area (Å²) in [6, 6.07) is 0.0444. The molecule has 1 saturated heterocycles. The number of rotatable bonds is 3. The van der Waals surface area contributed by atoms with Crippen molar-refractivity contribution in [1.29, 1.82) is 0 Å². The topological polar surface area (TPSA) is 78.6 Å². The number of hydrogen-bond acceptors (Lipinski definition) is 5. The molecule has 2 N–H and O–H groups in total. The number of nitro benzene ring substituents is 1. The summed E-state index contributed by atoms with van der Waals surface area (Å²) in [4.78, 5) is 11.3. The molecule has 122 valence electrons. The monoisotopic (exact) mass is 319 g/mol. The molecule has 6 nitrogen and oxygen atoms in total. The van der Waals surface area contributed by atoms with Gasteiger partial charge in [0.2, 0.25) is 0 Å². The van der Waals surface area contributed by atoms with E-state index in [1.165, 1.54) is 13.0 Å². The van der Waals surface area contributed by atoms with Crippen LogP contribution in [0, 0.1) is 17.0 Å². The van der Waals surface area contributed by atoms with Crippen LogP contribution in [0.15, 0.2) is 12.1 Å². The summed E-state index contributed by atoms with van der Waals surface area (Å²) in [5.74, 6) is -0.671. The van der Waals surface area contributed by atoms with E-state index in [-0.39, 0.29) is 18.7 Å². The summed E-state index contributed by atoms with van der Waals surface area (Å²) in [6.45, 7) is 2.30. The second-order valence-corrected chi connectivity index (χ2v) is 5.15. The van der Waals surface area contributed by atoms with Crippen LogP contribution in [0.1, 0.15) is 17.2 Å². The van der Waals surface area contributed by atoms with Gasteiger partial charge in [-0.1, -0.05) is 0 Å². The molecular formula is C13H16F3N3O3. The van der Waals surface area contributed by atoms with E-state index in [1.54, 1.807) is 0 Å². The number of piperazine rings is 1. The number of phenols is 1. The molecule has 0 unspecified atom stereocenters. The fourth-order valence-electron chi connectivity index (χ4n) is 2.63. The van der Waals surface area contributed by atoms with E-state index in [0.29, 0.717) is 13.1 Å². The summed E-state index contributed by atoms with van der Waals surface area (Å²) in [5, 5.41) is 24.1. The third kappa shape index (κ3) is 3.14. The van der Waals surface area contributed by atoms with Gasteiger partial charge in [0.05, 0.1) is 10.5 Å². The van der Waals surface area contributed by atoms with Crippen LogP contribution in [0.4, 0.5) is 18.9 Å². The zero-order chi connectivity index (χ0) is 16.5. The number of nitro groups is 1. The van der Waals surface area contributed by atoms with Gasteiger partial charge in [-0.2, -0.15) is 13.2 Å². The van der Waals surface area contributed by atoms with Crippen LogP contribution < -0.4 is 5.32 Å². The van der Waals surface area contributed by atoms with Crippen LogP contribution in [-0.2, 0) is 0 Å². The Morgan fingerprint density at radius 2 is 1.95 bits per heavy atom. The van der Waals surface area contributed by atoms with Gasteiger partial charge in [-0.05, 0) is 18.6 Å². The van der Waals surface area contributed by atoms with Crippen LogP contribution in [0.25, 0.3) is 0 Å². The van der Waals surface area contributed by atoms with E-state index in [9.17, 15) is 28.4 Å². The molecule has 0 spiro atoms. The minimum absolute atomic E-state index is 0.0920. The Hall–Kier alpha value is -1.87. The highest BCUT2D eigenvalue weighted by Crippen LogP contribution is 2.46. The minimum atomic E-state index is -4.73. The van der Waals surface area contributed by atoms with Crippen molar-refractivity contribution >= 4 is 5.69 Å². The van der Waals surface area contributed by atoms with Crippen LogP contribution in [0.5, 0.6) is 5.75 Å². The molecular weight excluding hydrogens is 303 g/mol. The van der Waals surface area contributed by atoms with Crippen molar-refractivity contribution in [3.63, 3.8) is 0 Å². The van der Waals surface area contributed by atoms with Crippen molar-refractivity contribution in [2.24, 2.45) is 0 Å². The molecule has 2 rings (SSSR count). The van der Waals surface area contributed by atoms with Crippen molar-refractivity contribution in [2.45, 2.75) is 19.1 Å². The lowest BCUT2D eigenvalue weighted by Gasteiger charge is -2.36. The number of nitrogens with one attached hydrogen (secondary N) is 1. The van der Waals surface area contributed by atoms with E-state index < -0.39 is 34.1 Å². The quantitative estimate of drug-likeness (QED) is 0.659. The molecule has 1 atom stereocenters. The van der Waals surface area contributed by atoms with Gasteiger partial charge >= 0.3 is 6.18 Å². The Morgan fingerprint density at radius 1 is 1.36 bits per heavy atom. The maximum absolute atomic E-state index is 13.5. The van der Waals surface area contributed by atoms with E-state index in [0.717, 1.165) is 11.0 Å². The third-order valence-electron chi connectivity index (χ3n) is 3.69. The molecule has 22 heavy (non-hydrogen) atoms. The SMILES string of the molecule is Cc1ccc([N+](=O)[O-])c([C@H](N2CCNCC2)C(F)(F)F)c1O. The molecule has 0 amide bonds. The normalized spacial score (nSPS) is 18.2. The van der Waals surface area contributed by atoms with Crippen molar-refractivity contribution in [1.82, 2.24) is 10.2 Å². The Morgan fingerprint density at radius 3 is 2.45 bits per heavy atom. The first-order valence-corrected chi connectivity index (χ1v) is 6.72. The van der Waals surface area contributed by atoms with E-state index >= 15 is 0 Å². The molecule has 0 bridgehead atoms. The van der Waals surface area contributed by atoms with Crippen molar-refractivity contribution < 1.29 is 23.2 Å². The minimum Gasteiger partial charge on any atom is -0.507 e. The van der Waals surface area contributed by atoms with Crippen molar-refractivity contribution in [2.75, 3.05) is 26.2 Å². The van der Waals surface area contributed by atoms with Crippen LogP contribution >= 0.6 is 0 Å². The second kappa shape index (κ2) is 6.09. The molecule has 1 aliphatic heterocycles. The number of aryl methyl sites for hydroxylation is 1. The highest BCUT2D eigenvalue weighted by atomic mass is 19.4. The molecule has 1 aromatic rings. The zero-order valence-electron chi connectivity index (χ0n) is 11.9. The molecule has 1 fully saturated rings. The lowest BCUT2D eigenvalue weighted by Crippen LogP contribution is -2.49. The van der Waals surface area contributed by atoms with Crippen molar-refractivity contribution in [3.8, 4) is 5.75 Å². The standard InChI is InChI=1S/C13H16F3N3O3/c1-8-2-3-9(19(21)22)10(11(8)20)12(13(14,15)16)18-6-4-17-5-7-18/h2-3,12,17,20H,4-7H2,1H3/t12-/m0/s1. The number of aromatic hydroxyl groups is 1. The maximum Gasteiger partial charge on any atom is 0.408 e. The van der Waals surface area contributed by atoms with Gasteiger partial charge in [-0.25, -0.2) is 0 Å². The molecule has 1 aliphatic rings. The molecule has 1 aromatic carbocycles. The number of halogens is 3. The second-order valence-electron chi connectivity index (χ2n) is 5.15. The number of nitrogens with zero attached hydrogens (tertiary/aromatic N) is 2. The molecule has 0 saturated carbocycles. The first-order valence-electron chi connectivity index (χ1n) is 6.72. The summed E-state index contributed by atoms with van der Waals surface area (Å²) in [7, 11) is 0. The highest BCUT2D eigenvalue weighted by molar-refractivity contribution is 5.55. The molecule has 1 heterocycles. The predicted molar refractivity (Wildman–Crippen MR) is 72.7 cm³/mol. The summed E-state index contributed by atoms with van der Waals surface area (Å²) < 4.78 is 40.6. The largest absolute Gasteiger partial charge is 0.507 e. The maximum atomic E-state index is 13.5. The smallest absolute Gasteiger partial charge is 0.408 e. The molecule has 0 aliphatic carbocycles. The average Bonchev–Trinajstić information content (AvgIpc) is 2.43. The van der Waals surface area contributed by atoms with Gasteiger partial charge in [0.25, 0.3) is 5.69 Å². The van der Waals surface area contributed by atoms with Gasteiger partial charge < -0.3 is 10.4 Å². The van der Waals surface area contributed by atoms with Gasteiger partial charge in [0.1, 0.15) is 11.8 Å². The van der Waals surface area contributed by atoms with Gasteiger partial charge in [-0.3, -0.25) is 15.0 Å². The van der Waals surface area contributed by atoms with Crippen LogP contribution in [-0.4, -0.2) is 47.3 Å². The first kappa shape index (κ1) is 16.5. The number of phenolic OH excluding ortho intramolecular Hbond substituents is 1. The number of alkyl halides is 3. The average molecular weight is 319 g/mol. The number of benzene rings is 1. The van der Waals surface area contributed by atoms with E-state index in [4.69, 9.17) is 0 Å². The van der Waals surface area contributed by atoms with Gasteiger partial charge in [0, 0.05) is 32.2 Å². The van der Waals surface area contributed by atoms with Gasteiger partial charge in [0.15, 0.2) is 0 Å². The summed E-state index contributed by atoms with van der Waals surface area (Å²) in [6.07, 6.45) is -4.73. The summed E-state index contributed by atoms with van der Waals surface area (Å²) in [5.41, 5.74) is -1.23.